The molecular formula is C6H16S2. The van der Waals surface area contributed by atoms with Crippen LogP contribution in [0.2, 0.25) is 0 Å². The fraction of sp³-hybridized carbons (Fsp3) is 1.00. The minimum absolute atomic E-state index is 0.253. The molecule has 0 aromatic carbocycles. The first-order valence-corrected chi connectivity index (χ1v) is 7.25. The van der Waals surface area contributed by atoms with Gasteiger partial charge in [0.1, 0.15) is 0 Å². The van der Waals surface area contributed by atoms with E-state index in [2.05, 4.69) is 25.7 Å². The first-order chi connectivity index (χ1) is 3.62. The molecule has 0 aromatic rings. The molecule has 0 aliphatic heterocycles. The van der Waals surface area contributed by atoms with E-state index >= 15 is 0 Å². The van der Waals surface area contributed by atoms with Crippen LogP contribution in [0.25, 0.3) is 0 Å². The summed E-state index contributed by atoms with van der Waals surface area (Å²) in [5.41, 5.74) is 0. The maximum absolute atomic E-state index is 2.38. The van der Waals surface area contributed by atoms with Crippen molar-refractivity contribution in [3.05, 3.63) is 0 Å². The maximum atomic E-state index is 2.38. The molecule has 0 atom stereocenters. The van der Waals surface area contributed by atoms with Gasteiger partial charge in [-0.1, -0.05) is 6.92 Å². The third kappa shape index (κ3) is 3.67. The molecule has 2 heteroatoms. The lowest BCUT2D eigenvalue weighted by molar-refractivity contribution is 1.10. The van der Waals surface area contributed by atoms with Crippen molar-refractivity contribution in [3.63, 3.8) is 0 Å². The summed E-state index contributed by atoms with van der Waals surface area (Å²) in [6, 6.07) is 0. The smallest absolute Gasteiger partial charge is 0.00942 e. The molecule has 0 aliphatic rings. The van der Waals surface area contributed by atoms with Crippen LogP contribution in [0.5, 0.6) is 0 Å². The summed E-state index contributed by atoms with van der Waals surface area (Å²) < 4.78 is 0. The highest BCUT2D eigenvalue weighted by Crippen LogP contribution is 2.51. The van der Waals surface area contributed by atoms with Gasteiger partial charge < -0.3 is 0 Å². The van der Waals surface area contributed by atoms with E-state index in [1.54, 1.807) is 0 Å². The molecule has 0 radical (unpaired) electrons. The van der Waals surface area contributed by atoms with Crippen LogP contribution in [-0.2, 0) is 0 Å². The van der Waals surface area contributed by atoms with Gasteiger partial charge in [-0.3, -0.25) is 0 Å². The first kappa shape index (κ1) is 8.70. The Morgan fingerprint density at radius 1 is 1.38 bits per heavy atom. The second-order valence-electron chi connectivity index (χ2n) is 2.31. The largest absolute Gasteiger partial charge is 0.199 e. The average molecular weight is 152 g/mol. The van der Waals surface area contributed by atoms with E-state index in [0.29, 0.717) is 0 Å². The van der Waals surface area contributed by atoms with E-state index < -0.39 is 0 Å². The second-order valence-corrected chi connectivity index (χ2v) is 9.63. The molecule has 0 saturated heterocycles. The van der Waals surface area contributed by atoms with Gasteiger partial charge in [0.2, 0.25) is 0 Å². The van der Waals surface area contributed by atoms with E-state index in [9.17, 15) is 0 Å². The van der Waals surface area contributed by atoms with Crippen molar-refractivity contribution >= 4 is 19.9 Å². The molecule has 0 aromatic heterocycles. The number of hydrogen-bond acceptors (Lipinski definition) is 1. The maximum Gasteiger partial charge on any atom is -0.00942 e. The van der Waals surface area contributed by atoms with Crippen molar-refractivity contribution in [1.82, 2.24) is 0 Å². The second kappa shape index (κ2) is 3.67. The van der Waals surface area contributed by atoms with E-state index in [1.807, 2.05) is 10.8 Å². The topological polar surface area (TPSA) is 0 Å². The van der Waals surface area contributed by atoms with Crippen LogP contribution in [0.15, 0.2) is 0 Å². The van der Waals surface area contributed by atoms with Crippen LogP contribution in [-0.4, -0.2) is 24.5 Å². The molecule has 0 saturated carbocycles. The predicted octanol–water partition coefficient (Wildman–Crippen LogP) is 2.74. The molecule has 0 amide bonds. The molecule has 8 heavy (non-hydrogen) atoms. The lowest BCUT2D eigenvalue weighted by atomic mass is 10.6. The van der Waals surface area contributed by atoms with Gasteiger partial charge in [-0.2, -0.15) is 9.06 Å². The van der Waals surface area contributed by atoms with Gasteiger partial charge in [0.25, 0.3) is 0 Å². The number of hydrogen-bond donors (Lipinski definition) is 0. The van der Waals surface area contributed by atoms with Gasteiger partial charge in [0.15, 0.2) is 0 Å². The molecule has 0 unspecified atom stereocenters. The summed E-state index contributed by atoms with van der Waals surface area (Å²) in [5.74, 6) is 1.41. The quantitative estimate of drug-likeness (QED) is 0.560. The van der Waals surface area contributed by atoms with Crippen LogP contribution in [0.1, 0.15) is 13.3 Å². The lowest BCUT2D eigenvalue weighted by Crippen LogP contribution is -1.93. The van der Waals surface area contributed by atoms with Gasteiger partial charge in [-0.05, 0) is 30.9 Å². The van der Waals surface area contributed by atoms with Crippen LogP contribution in [0.3, 0.4) is 0 Å². The molecule has 0 spiro atoms. The molecule has 0 nitrogen and oxygen atoms in total. The third-order valence-electron chi connectivity index (χ3n) is 1.15. The lowest BCUT2D eigenvalue weighted by Gasteiger charge is -2.27. The minimum atomic E-state index is -0.253. The van der Waals surface area contributed by atoms with Gasteiger partial charge in [0, 0.05) is 0 Å². The summed E-state index contributed by atoms with van der Waals surface area (Å²) in [6.07, 6.45) is 8.30. The standard InChI is InChI=1S/C6H16S2/c1-5-6-8(3,4)7-2/h5-6H2,1-4H3. The SMILES string of the molecule is CCCS(C)(C)SC. The Morgan fingerprint density at radius 2 is 1.88 bits per heavy atom. The van der Waals surface area contributed by atoms with Crippen molar-refractivity contribution in [3.8, 4) is 0 Å². The van der Waals surface area contributed by atoms with Gasteiger partial charge in [0.05, 0.1) is 0 Å². The molecule has 52 valence electrons. The summed E-state index contributed by atoms with van der Waals surface area (Å²) in [7, 11) is 1.78. The Hall–Kier alpha value is 0.700. The van der Waals surface area contributed by atoms with E-state index in [-0.39, 0.29) is 9.06 Å². The zero-order valence-electron chi connectivity index (χ0n) is 6.23. The molecule has 0 heterocycles. The van der Waals surface area contributed by atoms with E-state index in [0.717, 1.165) is 0 Å². The summed E-state index contributed by atoms with van der Waals surface area (Å²) in [6.45, 7) is 2.25. The van der Waals surface area contributed by atoms with E-state index in [4.69, 9.17) is 0 Å². The Kier molecular flexibility index (Phi) is 4.00. The van der Waals surface area contributed by atoms with Crippen molar-refractivity contribution in [2.45, 2.75) is 13.3 Å². The summed E-state index contributed by atoms with van der Waals surface area (Å²) in [5, 5.41) is 0. The average Bonchev–Trinajstić information content (AvgIpc) is 1.67. The van der Waals surface area contributed by atoms with Gasteiger partial charge in [-0.25, -0.2) is 0 Å². The molecule has 0 fully saturated rings. The monoisotopic (exact) mass is 152 g/mol. The highest BCUT2D eigenvalue weighted by molar-refractivity contribution is 8.93. The minimum Gasteiger partial charge on any atom is -0.199 e. The number of rotatable bonds is 3. The molecule has 0 bridgehead atoms. The highest BCUT2D eigenvalue weighted by Gasteiger charge is 2.05. The zero-order chi connectivity index (χ0) is 6.62. The molecular weight excluding hydrogens is 136 g/mol. The van der Waals surface area contributed by atoms with E-state index in [1.165, 1.54) is 12.2 Å². The Bertz CT molecular complexity index is 59.5. The fourth-order valence-electron chi connectivity index (χ4n) is 0.575. The third-order valence-corrected chi connectivity index (χ3v) is 6.65. The first-order valence-electron chi connectivity index (χ1n) is 2.89. The van der Waals surface area contributed by atoms with Crippen molar-refractivity contribution in [2.24, 2.45) is 0 Å². The fourth-order valence-corrected chi connectivity index (χ4v) is 2.72. The summed E-state index contributed by atoms with van der Waals surface area (Å²) in [4.78, 5) is 0. The van der Waals surface area contributed by atoms with Crippen molar-refractivity contribution in [1.29, 1.82) is 0 Å². The Labute approximate surface area is 58.1 Å². The normalized spacial score (nSPS) is 14.0. The summed E-state index contributed by atoms with van der Waals surface area (Å²) >= 11 is 0. The molecule has 0 rings (SSSR count). The van der Waals surface area contributed by atoms with Crippen LogP contribution in [0, 0.1) is 0 Å². The Balaban J connectivity index is 3.37. The van der Waals surface area contributed by atoms with Gasteiger partial charge in [-0.15, -0.1) is 10.8 Å². The molecule has 0 aliphatic carbocycles. The Morgan fingerprint density at radius 3 is 2.00 bits per heavy atom. The zero-order valence-corrected chi connectivity index (χ0v) is 7.86. The van der Waals surface area contributed by atoms with Crippen LogP contribution in [0.4, 0.5) is 0 Å². The van der Waals surface area contributed by atoms with Crippen LogP contribution >= 0.6 is 19.9 Å². The van der Waals surface area contributed by atoms with Crippen LogP contribution < -0.4 is 0 Å². The molecule has 0 N–H and O–H groups in total. The van der Waals surface area contributed by atoms with Crippen molar-refractivity contribution in [2.75, 3.05) is 24.5 Å². The van der Waals surface area contributed by atoms with Gasteiger partial charge >= 0.3 is 0 Å². The predicted molar refractivity (Wildman–Crippen MR) is 48.1 cm³/mol. The highest BCUT2D eigenvalue weighted by atomic mass is 33.2. The van der Waals surface area contributed by atoms with Crippen molar-refractivity contribution < 1.29 is 0 Å².